The largest absolute Gasteiger partial charge is 0.493 e. The Balaban J connectivity index is 2.24. The third-order valence-corrected chi connectivity index (χ3v) is 3.53. The third-order valence-electron chi connectivity index (χ3n) is 3.53. The maximum Gasteiger partial charge on any atom is 0.162 e. The second kappa shape index (κ2) is 5.30. The standard InChI is InChI=1S/C15H19NO2/c1-15(8-3-4-9-15)18-14-11-12(7-10-16)5-6-13(14)17-2/h5-6,11H,3-4,7-9H2,1-2H3. The fourth-order valence-electron chi connectivity index (χ4n) is 2.49. The number of nitriles is 1. The summed E-state index contributed by atoms with van der Waals surface area (Å²) in [6.07, 6.45) is 5.00. The van der Waals surface area contributed by atoms with Gasteiger partial charge in [-0.3, -0.25) is 0 Å². The normalized spacial score (nSPS) is 17.2. The molecule has 0 aromatic heterocycles. The van der Waals surface area contributed by atoms with Gasteiger partial charge in [-0.15, -0.1) is 0 Å². The second-order valence-corrected chi connectivity index (χ2v) is 5.08. The van der Waals surface area contributed by atoms with E-state index in [-0.39, 0.29) is 5.60 Å². The lowest BCUT2D eigenvalue weighted by Crippen LogP contribution is -2.28. The molecule has 1 aromatic rings. The highest BCUT2D eigenvalue weighted by Crippen LogP contribution is 2.38. The monoisotopic (exact) mass is 245 g/mol. The lowest BCUT2D eigenvalue weighted by atomic mass is 10.1. The topological polar surface area (TPSA) is 42.2 Å². The SMILES string of the molecule is COc1ccc(CC#N)cc1OC1(C)CCCC1. The number of methoxy groups -OCH3 is 1. The van der Waals surface area contributed by atoms with Crippen LogP contribution in [0.4, 0.5) is 0 Å². The van der Waals surface area contributed by atoms with Crippen LogP contribution in [0.1, 0.15) is 38.2 Å². The fraction of sp³-hybridized carbons (Fsp3) is 0.533. The first-order valence-electron chi connectivity index (χ1n) is 6.40. The maximum atomic E-state index is 8.75. The molecule has 1 fully saturated rings. The van der Waals surface area contributed by atoms with E-state index < -0.39 is 0 Å². The average molecular weight is 245 g/mol. The van der Waals surface area contributed by atoms with Crippen LogP contribution in [0.25, 0.3) is 0 Å². The Hall–Kier alpha value is -1.69. The van der Waals surface area contributed by atoms with Crippen LogP contribution in [-0.4, -0.2) is 12.7 Å². The van der Waals surface area contributed by atoms with Crippen LogP contribution in [0.3, 0.4) is 0 Å². The molecule has 0 saturated heterocycles. The van der Waals surface area contributed by atoms with Crippen molar-refractivity contribution in [2.24, 2.45) is 0 Å². The first kappa shape index (κ1) is 12.8. The lowest BCUT2D eigenvalue weighted by Gasteiger charge is -2.26. The zero-order chi connectivity index (χ0) is 13.0. The highest BCUT2D eigenvalue weighted by Gasteiger charge is 2.31. The number of ether oxygens (including phenoxy) is 2. The first-order chi connectivity index (χ1) is 8.67. The van der Waals surface area contributed by atoms with E-state index in [2.05, 4.69) is 13.0 Å². The summed E-state index contributed by atoms with van der Waals surface area (Å²) < 4.78 is 11.5. The van der Waals surface area contributed by atoms with Gasteiger partial charge in [0.1, 0.15) is 5.60 Å². The van der Waals surface area contributed by atoms with Crippen molar-refractivity contribution in [2.75, 3.05) is 7.11 Å². The quantitative estimate of drug-likeness (QED) is 0.815. The number of nitrogens with zero attached hydrogens (tertiary/aromatic N) is 1. The van der Waals surface area contributed by atoms with Gasteiger partial charge in [0, 0.05) is 0 Å². The minimum absolute atomic E-state index is 0.0848. The van der Waals surface area contributed by atoms with Gasteiger partial charge < -0.3 is 9.47 Å². The molecule has 18 heavy (non-hydrogen) atoms. The Bertz CT molecular complexity index is 456. The zero-order valence-corrected chi connectivity index (χ0v) is 11.0. The Labute approximate surface area is 108 Å². The molecule has 0 heterocycles. The molecule has 0 atom stereocenters. The molecule has 0 amide bonds. The first-order valence-corrected chi connectivity index (χ1v) is 6.40. The van der Waals surface area contributed by atoms with Crippen LogP contribution >= 0.6 is 0 Å². The summed E-state index contributed by atoms with van der Waals surface area (Å²) in [7, 11) is 1.64. The van der Waals surface area contributed by atoms with Crippen molar-refractivity contribution in [1.82, 2.24) is 0 Å². The summed E-state index contributed by atoms with van der Waals surface area (Å²) in [4.78, 5) is 0. The van der Waals surface area contributed by atoms with Gasteiger partial charge in [-0.1, -0.05) is 6.07 Å². The van der Waals surface area contributed by atoms with Gasteiger partial charge in [0.2, 0.25) is 0 Å². The summed E-state index contributed by atoms with van der Waals surface area (Å²) in [5, 5.41) is 8.75. The summed E-state index contributed by atoms with van der Waals surface area (Å²) in [5.41, 5.74) is 0.883. The van der Waals surface area contributed by atoms with Crippen LogP contribution < -0.4 is 9.47 Å². The van der Waals surface area contributed by atoms with Gasteiger partial charge in [-0.05, 0) is 50.3 Å². The lowest BCUT2D eigenvalue weighted by molar-refractivity contribution is 0.0926. The van der Waals surface area contributed by atoms with Crippen molar-refractivity contribution in [1.29, 1.82) is 5.26 Å². The van der Waals surface area contributed by atoms with Gasteiger partial charge >= 0.3 is 0 Å². The van der Waals surface area contributed by atoms with E-state index in [1.54, 1.807) is 7.11 Å². The number of hydrogen-bond acceptors (Lipinski definition) is 3. The number of benzene rings is 1. The minimum Gasteiger partial charge on any atom is -0.493 e. The van der Waals surface area contributed by atoms with Gasteiger partial charge in [0.05, 0.1) is 19.6 Å². The average Bonchev–Trinajstić information content (AvgIpc) is 2.77. The molecule has 1 aliphatic rings. The van der Waals surface area contributed by atoms with Crippen LogP contribution in [0.15, 0.2) is 18.2 Å². The van der Waals surface area contributed by atoms with Gasteiger partial charge in [0.15, 0.2) is 11.5 Å². The Morgan fingerprint density at radius 3 is 2.61 bits per heavy atom. The molecule has 0 N–H and O–H groups in total. The Kier molecular flexibility index (Phi) is 3.76. The van der Waals surface area contributed by atoms with E-state index in [9.17, 15) is 0 Å². The fourth-order valence-corrected chi connectivity index (χ4v) is 2.49. The molecular weight excluding hydrogens is 226 g/mol. The summed E-state index contributed by atoms with van der Waals surface area (Å²) in [6.45, 7) is 2.15. The molecule has 1 aromatic carbocycles. The van der Waals surface area contributed by atoms with Gasteiger partial charge in [-0.25, -0.2) is 0 Å². The highest BCUT2D eigenvalue weighted by molar-refractivity contribution is 5.44. The molecule has 0 spiro atoms. The smallest absolute Gasteiger partial charge is 0.162 e. The predicted octanol–water partition coefficient (Wildman–Crippen LogP) is 3.47. The van der Waals surface area contributed by atoms with Crippen molar-refractivity contribution >= 4 is 0 Å². The highest BCUT2D eigenvalue weighted by atomic mass is 16.5. The molecule has 0 bridgehead atoms. The molecule has 3 nitrogen and oxygen atoms in total. The summed E-state index contributed by atoms with van der Waals surface area (Å²) in [5.74, 6) is 1.50. The molecular formula is C15H19NO2. The van der Waals surface area contributed by atoms with Gasteiger partial charge in [0.25, 0.3) is 0 Å². The number of hydrogen-bond donors (Lipinski definition) is 0. The Morgan fingerprint density at radius 2 is 2.00 bits per heavy atom. The van der Waals surface area contributed by atoms with E-state index in [0.29, 0.717) is 6.42 Å². The molecule has 0 unspecified atom stereocenters. The molecule has 1 aliphatic carbocycles. The third kappa shape index (κ3) is 2.76. The number of rotatable bonds is 4. The molecule has 2 rings (SSSR count). The van der Waals surface area contributed by atoms with Crippen LogP contribution in [-0.2, 0) is 6.42 Å². The molecule has 96 valence electrons. The van der Waals surface area contributed by atoms with E-state index in [1.807, 2.05) is 18.2 Å². The van der Waals surface area contributed by atoms with Crippen molar-refractivity contribution in [3.63, 3.8) is 0 Å². The molecule has 0 radical (unpaired) electrons. The zero-order valence-electron chi connectivity index (χ0n) is 11.0. The van der Waals surface area contributed by atoms with Gasteiger partial charge in [-0.2, -0.15) is 5.26 Å². The van der Waals surface area contributed by atoms with E-state index in [4.69, 9.17) is 14.7 Å². The van der Waals surface area contributed by atoms with E-state index in [1.165, 1.54) is 12.8 Å². The summed E-state index contributed by atoms with van der Waals surface area (Å²) >= 11 is 0. The van der Waals surface area contributed by atoms with Crippen molar-refractivity contribution in [3.8, 4) is 17.6 Å². The predicted molar refractivity (Wildman–Crippen MR) is 69.8 cm³/mol. The van der Waals surface area contributed by atoms with E-state index >= 15 is 0 Å². The van der Waals surface area contributed by atoms with Crippen molar-refractivity contribution in [2.45, 2.75) is 44.6 Å². The minimum atomic E-state index is -0.0848. The molecule has 0 aliphatic heterocycles. The van der Waals surface area contributed by atoms with Crippen LogP contribution in [0.5, 0.6) is 11.5 Å². The van der Waals surface area contributed by atoms with Crippen molar-refractivity contribution in [3.05, 3.63) is 23.8 Å². The summed E-state index contributed by atoms with van der Waals surface area (Å²) in [6, 6.07) is 7.86. The second-order valence-electron chi connectivity index (χ2n) is 5.08. The van der Waals surface area contributed by atoms with E-state index in [0.717, 1.165) is 29.9 Å². The maximum absolute atomic E-state index is 8.75. The Morgan fingerprint density at radius 1 is 1.28 bits per heavy atom. The molecule has 1 saturated carbocycles. The van der Waals surface area contributed by atoms with Crippen molar-refractivity contribution < 1.29 is 9.47 Å². The van der Waals surface area contributed by atoms with Crippen LogP contribution in [0.2, 0.25) is 0 Å². The molecule has 3 heteroatoms. The van der Waals surface area contributed by atoms with Crippen LogP contribution in [0, 0.1) is 11.3 Å².